The van der Waals surface area contributed by atoms with Crippen LogP contribution >= 0.6 is 0 Å². The van der Waals surface area contributed by atoms with E-state index in [0.29, 0.717) is 41.4 Å². The minimum Gasteiger partial charge on any atom is -0.494 e. The summed E-state index contributed by atoms with van der Waals surface area (Å²) in [5.41, 5.74) is -0.952. The Balaban J connectivity index is 1.56. The summed E-state index contributed by atoms with van der Waals surface area (Å²) in [4.78, 5) is 34.8. The monoisotopic (exact) mass is 502 g/mol. The van der Waals surface area contributed by atoms with Gasteiger partial charge in [-0.3, -0.25) is 19.7 Å². The Labute approximate surface area is 203 Å². The van der Waals surface area contributed by atoms with Crippen molar-refractivity contribution in [3.8, 4) is 5.75 Å². The van der Waals surface area contributed by atoms with Gasteiger partial charge in [0.2, 0.25) is 5.91 Å². The molecule has 0 aliphatic heterocycles. The number of hydrogen-bond donors (Lipinski definition) is 3. The number of ether oxygens (including phenoxy) is 1. The minimum absolute atomic E-state index is 0.232. The van der Waals surface area contributed by atoms with E-state index in [-0.39, 0.29) is 11.6 Å². The summed E-state index contributed by atoms with van der Waals surface area (Å²) < 4.78 is 43.8. The fourth-order valence-corrected chi connectivity index (χ4v) is 3.10. The number of anilines is 3. The van der Waals surface area contributed by atoms with Crippen LogP contribution in [0.2, 0.25) is 0 Å². The average molecular weight is 502 g/mol. The normalized spacial score (nSPS) is 10.9. The molecule has 0 aromatic heterocycles. The van der Waals surface area contributed by atoms with E-state index in [4.69, 9.17) is 4.74 Å². The zero-order valence-corrected chi connectivity index (χ0v) is 18.9. The summed E-state index contributed by atoms with van der Waals surface area (Å²) >= 11 is 0. The van der Waals surface area contributed by atoms with E-state index < -0.39 is 34.8 Å². The quantitative estimate of drug-likeness (QED) is 0.269. The van der Waals surface area contributed by atoms with E-state index in [9.17, 15) is 32.9 Å². The standard InChI is InChI=1S/C24H21F3N4O5/c1-2-36-19-10-8-18(9-11-19)30-23(33)15-3-6-17(7-4-15)29-22(32)14-28-20-12-5-16(24(25,26)27)13-21(20)31(34)35/h3-13,28H,2,14H2,1H3,(H,29,32)(H,30,33). The van der Waals surface area contributed by atoms with Crippen molar-refractivity contribution in [1.29, 1.82) is 0 Å². The number of nitro groups is 1. The van der Waals surface area contributed by atoms with Crippen molar-refractivity contribution in [2.45, 2.75) is 13.1 Å². The van der Waals surface area contributed by atoms with Gasteiger partial charge < -0.3 is 20.7 Å². The number of halogens is 3. The number of rotatable bonds is 9. The van der Waals surface area contributed by atoms with E-state index in [1.807, 2.05) is 6.92 Å². The maximum absolute atomic E-state index is 12.8. The van der Waals surface area contributed by atoms with Crippen LogP contribution in [0.3, 0.4) is 0 Å². The first kappa shape index (κ1) is 26.0. The molecule has 12 heteroatoms. The van der Waals surface area contributed by atoms with Crippen molar-refractivity contribution in [2.24, 2.45) is 0 Å². The molecule has 0 bridgehead atoms. The Morgan fingerprint density at radius 3 is 2.14 bits per heavy atom. The Morgan fingerprint density at radius 1 is 0.944 bits per heavy atom. The van der Waals surface area contributed by atoms with Gasteiger partial charge >= 0.3 is 6.18 Å². The third-order valence-electron chi connectivity index (χ3n) is 4.82. The van der Waals surface area contributed by atoms with Gasteiger partial charge in [-0.1, -0.05) is 0 Å². The van der Waals surface area contributed by atoms with Gasteiger partial charge in [0.25, 0.3) is 11.6 Å². The van der Waals surface area contributed by atoms with E-state index in [1.165, 1.54) is 24.3 Å². The number of carbonyl (C=O) groups excluding carboxylic acids is 2. The second-order valence-electron chi connectivity index (χ2n) is 7.38. The maximum Gasteiger partial charge on any atom is 0.416 e. The molecular weight excluding hydrogens is 481 g/mol. The smallest absolute Gasteiger partial charge is 0.416 e. The molecule has 0 saturated carbocycles. The Bertz CT molecular complexity index is 1250. The summed E-state index contributed by atoms with van der Waals surface area (Å²) in [6.07, 6.45) is -4.74. The zero-order valence-electron chi connectivity index (χ0n) is 18.9. The summed E-state index contributed by atoms with van der Waals surface area (Å²) in [5.74, 6) is -0.290. The van der Waals surface area contributed by atoms with Crippen molar-refractivity contribution >= 4 is 34.6 Å². The highest BCUT2D eigenvalue weighted by Gasteiger charge is 2.33. The number of hydrogen-bond acceptors (Lipinski definition) is 6. The van der Waals surface area contributed by atoms with Gasteiger partial charge in [-0.25, -0.2) is 0 Å². The van der Waals surface area contributed by atoms with Crippen molar-refractivity contribution in [3.63, 3.8) is 0 Å². The summed E-state index contributed by atoms with van der Waals surface area (Å²) in [5, 5.41) is 18.9. The van der Waals surface area contributed by atoms with E-state index >= 15 is 0 Å². The molecule has 9 nitrogen and oxygen atoms in total. The number of benzene rings is 3. The number of amides is 2. The molecule has 0 heterocycles. The zero-order chi connectivity index (χ0) is 26.3. The maximum atomic E-state index is 12.8. The lowest BCUT2D eigenvalue weighted by atomic mass is 10.1. The van der Waals surface area contributed by atoms with E-state index in [0.717, 1.165) is 6.07 Å². The molecule has 3 aromatic rings. The van der Waals surface area contributed by atoms with Gasteiger partial charge in [0.15, 0.2) is 0 Å². The van der Waals surface area contributed by atoms with Gasteiger partial charge in [-0.05, 0) is 67.6 Å². The van der Waals surface area contributed by atoms with Gasteiger partial charge in [-0.2, -0.15) is 13.2 Å². The number of nitrogens with one attached hydrogen (secondary N) is 3. The molecule has 2 amide bonds. The van der Waals surface area contributed by atoms with Crippen molar-refractivity contribution in [2.75, 3.05) is 29.1 Å². The molecule has 3 aromatic carbocycles. The van der Waals surface area contributed by atoms with E-state index in [2.05, 4.69) is 16.0 Å². The van der Waals surface area contributed by atoms with E-state index in [1.54, 1.807) is 24.3 Å². The molecule has 3 N–H and O–H groups in total. The Hall–Kier alpha value is -4.61. The van der Waals surface area contributed by atoms with Crippen LogP contribution in [-0.2, 0) is 11.0 Å². The van der Waals surface area contributed by atoms with Gasteiger partial charge in [0, 0.05) is 23.0 Å². The second-order valence-corrected chi connectivity index (χ2v) is 7.38. The highest BCUT2D eigenvalue weighted by Crippen LogP contribution is 2.34. The fourth-order valence-electron chi connectivity index (χ4n) is 3.10. The van der Waals surface area contributed by atoms with Crippen LogP contribution in [0.4, 0.5) is 35.9 Å². The first-order valence-corrected chi connectivity index (χ1v) is 10.6. The fraction of sp³-hybridized carbons (Fsp3) is 0.167. The molecule has 0 aliphatic carbocycles. The first-order valence-electron chi connectivity index (χ1n) is 10.6. The highest BCUT2D eigenvalue weighted by molar-refractivity contribution is 6.04. The lowest BCUT2D eigenvalue weighted by Gasteiger charge is -2.11. The van der Waals surface area contributed by atoms with Crippen LogP contribution in [0.25, 0.3) is 0 Å². The molecule has 0 spiro atoms. The summed E-state index contributed by atoms with van der Waals surface area (Å²) in [6, 6.07) is 14.8. The molecule has 3 rings (SSSR count). The minimum atomic E-state index is -4.74. The van der Waals surface area contributed by atoms with Gasteiger partial charge in [-0.15, -0.1) is 0 Å². The molecule has 36 heavy (non-hydrogen) atoms. The average Bonchev–Trinajstić information content (AvgIpc) is 2.83. The largest absolute Gasteiger partial charge is 0.494 e. The van der Waals surface area contributed by atoms with Crippen molar-refractivity contribution in [3.05, 3.63) is 88.0 Å². The number of nitrogens with zero attached hydrogens (tertiary/aromatic N) is 1. The molecule has 0 saturated heterocycles. The molecule has 188 valence electrons. The Morgan fingerprint density at radius 2 is 1.56 bits per heavy atom. The second kappa shape index (κ2) is 11.2. The third-order valence-corrected chi connectivity index (χ3v) is 4.82. The topological polar surface area (TPSA) is 123 Å². The number of carbonyl (C=O) groups is 2. The SMILES string of the molecule is CCOc1ccc(NC(=O)c2ccc(NC(=O)CNc3ccc(C(F)(F)F)cc3[N+](=O)[O-])cc2)cc1. The lowest BCUT2D eigenvalue weighted by Crippen LogP contribution is -2.22. The predicted octanol–water partition coefficient (Wildman–Crippen LogP) is 5.32. The molecular formula is C24H21F3N4O5. The third kappa shape index (κ3) is 6.95. The van der Waals surface area contributed by atoms with Gasteiger partial charge in [0.05, 0.1) is 23.6 Å². The Kier molecular flexibility index (Phi) is 8.10. The molecule has 0 atom stereocenters. The molecule has 0 unspecified atom stereocenters. The summed E-state index contributed by atoms with van der Waals surface area (Å²) in [6.45, 7) is 1.95. The van der Waals surface area contributed by atoms with Crippen LogP contribution in [0.5, 0.6) is 5.75 Å². The lowest BCUT2D eigenvalue weighted by molar-refractivity contribution is -0.384. The molecule has 0 aliphatic rings. The summed E-state index contributed by atoms with van der Waals surface area (Å²) in [7, 11) is 0. The first-order chi connectivity index (χ1) is 17.1. The molecule has 0 radical (unpaired) electrons. The number of nitro benzene ring substituents is 1. The van der Waals surface area contributed by atoms with Crippen LogP contribution in [0.15, 0.2) is 66.7 Å². The van der Waals surface area contributed by atoms with Crippen LogP contribution in [0.1, 0.15) is 22.8 Å². The van der Waals surface area contributed by atoms with Crippen LogP contribution < -0.4 is 20.7 Å². The van der Waals surface area contributed by atoms with Crippen LogP contribution in [0, 0.1) is 10.1 Å². The van der Waals surface area contributed by atoms with Gasteiger partial charge in [0.1, 0.15) is 11.4 Å². The molecule has 0 fully saturated rings. The van der Waals surface area contributed by atoms with Crippen molar-refractivity contribution in [1.82, 2.24) is 0 Å². The predicted molar refractivity (Wildman–Crippen MR) is 127 cm³/mol. The van der Waals surface area contributed by atoms with Crippen molar-refractivity contribution < 1.29 is 32.4 Å². The highest BCUT2D eigenvalue weighted by atomic mass is 19.4. The number of alkyl halides is 3. The van der Waals surface area contributed by atoms with Crippen LogP contribution in [-0.4, -0.2) is 29.9 Å².